The molecule has 25 heavy (non-hydrogen) atoms. The average molecular weight is 386 g/mol. The van der Waals surface area contributed by atoms with Crippen molar-refractivity contribution in [2.45, 2.75) is 39.2 Å². The van der Waals surface area contributed by atoms with Gasteiger partial charge in [-0.15, -0.1) is 0 Å². The maximum atomic E-state index is 12.6. The zero-order chi connectivity index (χ0) is 18.6. The predicted octanol–water partition coefficient (Wildman–Crippen LogP) is 3.84. The monoisotopic (exact) mass is 385 g/mol. The van der Waals surface area contributed by atoms with Crippen molar-refractivity contribution in [1.82, 2.24) is 5.32 Å². The van der Waals surface area contributed by atoms with Crippen molar-refractivity contribution in [1.29, 1.82) is 0 Å². The first kappa shape index (κ1) is 19.8. The van der Waals surface area contributed by atoms with Crippen molar-refractivity contribution in [3.05, 3.63) is 45.1 Å². The number of hydrogen-bond donors (Lipinski definition) is 1. The number of carbonyl (C=O) groups is 2. The van der Waals surface area contributed by atoms with Gasteiger partial charge in [0.1, 0.15) is 6.61 Å². The Hall–Kier alpha value is -1.56. The summed E-state index contributed by atoms with van der Waals surface area (Å²) in [5.41, 5.74) is 1.37. The second-order valence-electron chi connectivity index (χ2n) is 6.03. The normalized spacial score (nSPS) is 17.7. The minimum atomic E-state index is -0.548. The molecule has 1 N–H and O–H groups in total. The number of allylic oxidation sites excluding steroid dienone is 1. The summed E-state index contributed by atoms with van der Waals surface area (Å²) in [6.07, 6.45) is 0.136. The van der Waals surface area contributed by atoms with Crippen LogP contribution in [0.1, 0.15) is 38.7 Å². The van der Waals surface area contributed by atoms with Crippen LogP contribution in [0.5, 0.6) is 0 Å². The van der Waals surface area contributed by atoms with Crippen LogP contribution in [0.2, 0.25) is 10.0 Å². The van der Waals surface area contributed by atoms with Crippen molar-refractivity contribution < 1.29 is 19.1 Å². The first-order valence-electron chi connectivity index (χ1n) is 8.04. The lowest BCUT2D eigenvalue weighted by molar-refractivity contribution is -0.141. The molecule has 0 aromatic heterocycles. The summed E-state index contributed by atoms with van der Waals surface area (Å²) in [5, 5.41) is 3.50. The van der Waals surface area contributed by atoms with E-state index in [1.807, 2.05) is 13.8 Å². The van der Waals surface area contributed by atoms with Crippen molar-refractivity contribution >= 4 is 35.1 Å². The SMILES string of the molecule is CC1=C(C(=O)OCCOC(C)C)C(c2c(Cl)cccc2Cl)CC(=O)N1. The van der Waals surface area contributed by atoms with Gasteiger partial charge in [0.15, 0.2) is 0 Å². The third-order valence-electron chi connectivity index (χ3n) is 3.80. The Balaban J connectivity index is 2.27. The van der Waals surface area contributed by atoms with Gasteiger partial charge < -0.3 is 14.8 Å². The fraction of sp³-hybridized carbons (Fsp3) is 0.444. The van der Waals surface area contributed by atoms with Gasteiger partial charge in [0.25, 0.3) is 0 Å². The Morgan fingerprint density at radius 1 is 1.28 bits per heavy atom. The lowest BCUT2D eigenvalue weighted by Gasteiger charge is -2.27. The number of benzene rings is 1. The number of halogens is 2. The Bertz CT molecular complexity index is 680. The van der Waals surface area contributed by atoms with Gasteiger partial charge in [-0.25, -0.2) is 4.79 Å². The van der Waals surface area contributed by atoms with Crippen LogP contribution in [0.15, 0.2) is 29.5 Å². The van der Waals surface area contributed by atoms with E-state index in [1.165, 1.54) is 0 Å². The van der Waals surface area contributed by atoms with Gasteiger partial charge in [0.05, 0.1) is 18.3 Å². The second kappa shape index (κ2) is 8.70. The highest BCUT2D eigenvalue weighted by molar-refractivity contribution is 6.36. The molecule has 0 spiro atoms. The van der Waals surface area contributed by atoms with Gasteiger partial charge >= 0.3 is 5.97 Å². The van der Waals surface area contributed by atoms with Crippen LogP contribution in [-0.2, 0) is 19.1 Å². The molecule has 1 heterocycles. The molecular weight excluding hydrogens is 365 g/mol. The summed E-state index contributed by atoms with van der Waals surface area (Å²) in [6, 6.07) is 5.09. The van der Waals surface area contributed by atoms with Gasteiger partial charge in [0.2, 0.25) is 5.91 Å². The molecule has 0 radical (unpaired) electrons. The second-order valence-corrected chi connectivity index (χ2v) is 6.85. The van der Waals surface area contributed by atoms with E-state index in [0.29, 0.717) is 33.5 Å². The van der Waals surface area contributed by atoms with E-state index in [0.717, 1.165) is 0 Å². The molecule has 1 aromatic rings. The number of rotatable bonds is 6. The summed E-state index contributed by atoms with van der Waals surface area (Å²) in [5.74, 6) is -1.25. The molecule has 2 rings (SSSR count). The highest BCUT2D eigenvalue weighted by Crippen LogP contribution is 2.40. The zero-order valence-corrected chi connectivity index (χ0v) is 15.9. The number of esters is 1. The summed E-state index contributed by atoms with van der Waals surface area (Å²) in [7, 11) is 0. The van der Waals surface area contributed by atoms with Crippen LogP contribution in [0.3, 0.4) is 0 Å². The molecule has 0 aliphatic carbocycles. The molecule has 5 nitrogen and oxygen atoms in total. The van der Waals surface area contributed by atoms with Crippen molar-refractivity contribution in [2.24, 2.45) is 0 Å². The van der Waals surface area contributed by atoms with E-state index < -0.39 is 11.9 Å². The predicted molar refractivity (Wildman–Crippen MR) is 96.7 cm³/mol. The van der Waals surface area contributed by atoms with E-state index in [-0.39, 0.29) is 25.0 Å². The number of hydrogen-bond acceptors (Lipinski definition) is 4. The van der Waals surface area contributed by atoms with Crippen LogP contribution in [-0.4, -0.2) is 31.2 Å². The van der Waals surface area contributed by atoms with Gasteiger partial charge in [-0.3, -0.25) is 4.79 Å². The maximum absolute atomic E-state index is 12.6. The number of amides is 1. The molecule has 1 aliphatic heterocycles. The first-order chi connectivity index (χ1) is 11.8. The van der Waals surface area contributed by atoms with Crippen LogP contribution < -0.4 is 5.32 Å². The highest BCUT2D eigenvalue weighted by Gasteiger charge is 2.35. The highest BCUT2D eigenvalue weighted by atomic mass is 35.5. The molecule has 0 saturated heterocycles. The Morgan fingerprint density at radius 2 is 1.92 bits per heavy atom. The molecule has 0 saturated carbocycles. The Kier molecular flexibility index (Phi) is 6.87. The van der Waals surface area contributed by atoms with Gasteiger partial charge in [-0.2, -0.15) is 0 Å². The standard InChI is InChI=1S/C18H21Cl2NO4/c1-10(2)24-7-8-25-18(23)16-11(3)21-15(22)9-12(16)17-13(19)5-4-6-14(17)20/h4-6,10,12H,7-9H2,1-3H3,(H,21,22). The Labute approximate surface area is 157 Å². The molecule has 0 fully saturated rings. The minimum absolute atomic E-state index is 0.0586. The molecular formula is C18H21Cl2NO4. The number of carbonyl (C=O) groups excluding carboxylic acids is 2. The van der Waals surface area contributed by atoms with Crippen LogP contribution in [0, 0.1) is 0 Å². The molecule has 1 aliphatic rings. The van der Waals surface area contributed by atoms with Crippen molar-refractivity contribution in [2.75, 3.05) is 13.2 Å². The van der Waals surface area contributed by atoms with Crippen molar-refractivity contribution in [3.8, 4) is 0 Å². The van der Waals surface area contributed by atoms with E-state index in [2.05, 4.69) is 5.32 Å². The van der Waals surface area contributed by atoms with Crippen LogP contribution in [0.25, 0.3) is 0 Å². The lowest BCUT2D eigenvalue weighted by atomic mass is 9.84. The lowest BCUT2D eigenvalue weighted by Crippen LogP contribution is -2.34. The molecule has 1 unspecified atom stereocenters. The van der Waals surface area contributed by atoms with E-state index >= 15 is 0 Å². The fourth-order valence-electron chi connectivity index (χ4n) is 2.76. The minimum Gasteiger partial charge on any atom is -0.460 e. The Morgan fingerprint density at radius 3 is 2.52 bits per heavy atom. The number of nitrogens with one attached hydrogen (secondary N) is 1. The van der Waals surface area contributed by atoms with Crippen molar-refractivity contribution in [3.63, 3.8) is 0 Å². The molecule has 136 valence electrons. The van der Waals surface area contributed by atoms with E-state index in [9.17, 15) is 9.59 Å². The van der Waals surface area contributed by atoms with E-state index in [4.69, 9.17) is 32.7 Å². The number of ether oxygens (including phenoxy) is 2. The summed E-state index contributed by atoms with van der Waals surface area (Å²) < 4.78 is 10.7. The average Bonchev–Trinajstić information content (AvgIpc) is 2.50. The summed E-state index contributed by atoms with van der Waals surface area (Å²) >= 11 is 12.6. The summed E-state index contributed by atoms with van der Waals surface area (Å²) in [4.78, 5) is 24.6. The van der Waals surface area contributed by atoms with Gasteiger partial charge in [-0.1, -0.05) is 29.3 Å². The smallest absolute Gasteiger partial charge is 0.336 e. The molecule has 1 aromatic carbocycles. The van der Waals surface area contributed by atoms with Gasteiger partial charge in [-0.05, 0) is 38.5 Å². The van der Waals surface area contributed by atoms with Gasteiger partial charge in [0, 0.05) is 28.1 Å². The summed E-state index contributed by atoms with van der Waals surface area (Å²) in [6.45, 7) is 5.90. The van der Waals surface area contributed by atoms with Crippen LogP contribution in [0.4, 0.5) is 0 Å². The molecule has 7 heteroatoms. The van der Waals surface area contributed by atoms with Crippen LogP contribution >= 0.6 is 23.2 Å². The van der Waals surface area contributed by atoms with E-state index in [1.54, 1.807) is 25.1 Å². The molecule has 1 amide bonds. The molecule has 0 bridgehead atoms. The third kappa shape index (κ3) is 4.97. The largest absolute Gasteiger partial charge is 0.460 e. The zero-order valence-electron chi connectivity index (χ0n) is 14.4. The maximum Gasteiger partial charge on any atom is 0.336 e. The fourth-order valence-corrected chi connectivity index (χ4v) is 3.42. The topological polar surface area (TPSA) is 64.6 Å². The quantitative estimate of drug-likeness (QED) is 0.596. The molecule has 1 atom stereocenters. The third-order valence-corrected chi connectivity index (χ3v) is 4.46. The first-order valence-corrected chi connectivity index (χ1v) is 8.80.